The summed E-state index contributed by atoms with van der Waals surface area (Å²) in [5.41, 5.74) is 2.98. The molecule has 0 unspecified atom stereocenters. The molecule has 1 aliphatic carbocycles. The third-order valence-corrected chi connectivity index (χ3v) is 5.05. The van der Waals surface area contributed by atoms with Gasteiger partial charge < -0.3 is 10.6 Å². The van der Waals surface area contributed by atoms with Crippen molar-refractivity contribution in [3.05, 3.63) is 89.5 Å². The number of carbonyl (C=O) groups is 2. The van der Waals surface area contributed by atoms with E-state index in [0.717, 1.165) is 24.1 Å². The minimum Gasteiger partial charge on any atom is -0.349 e. The summed E-state index contributed by atoms with van der Waals surface area (Å²) in [6, 6.07) is 13.1. The summed E-state index contributed by atoms with van der Waals surface area (Å²) < 4.78 is 15.9. The fraction of sp³-hybridized carbons (Fsp3) is 0.174. The maximum Gasteiger partial charge on any atom is 0.276 e. The number of fused-ring (bicyclic) bond motifs is 1. The van der Waals surface area contributed by atoms with E-state index in [9.17, 15) is 14.0 Å². The van der Waals surface area contributed by atoms with Crippen LogP contribution in [0, 0.1) is 5.82 Å². The molecular formula is C23H21FN4O2. The van der Waals surface area contributed by atoms with Gasteiger partial charge >= 0.3 is 0 Å². The highest BCUT2D eigenvalue weighted by atomic mass is 19.1. The van der Waals surface area contributed by atoms with Crippen molar-refractivity contribution >= 4 is 17.5 Å². The Morgan fingerprint density at radius 2 is 1.87 bits per heavy atom. The van der Waals surface area contributed by atoms with E-state index in [1.807, 2.05) is 0 Å². The average Bonchev–Trinajstić information content (AvgIpc) is 3.36. The third-order valence-electron chi connectivity index (χ3n) is 5.05. The second-order valence-corrected chi connectivity index (χ2v) is 6.99. The molecular weight excluding hydrogens is 383 g/mol. The summed E-state index contributed by atoms with van der Waals surface area (Å²) in [4.78, 5) is 25.4. The summed E-state index contributed by atoms with van der Waals surface area (Å²) in [6.45, 7) is 3.90. The van der Waals surface area contributed by atoms with E-state index in [0.29, 0.717) is 29.9 Å². The SMILES string of the molecule is C=CCNC(=O)c1ccccc1NC(=O)c1nn(-c2ccccc2F)c2c1CCC2. The number of rotatable bonds is 6. The zero-order valence-corrected chi connectivity index (χ0v) is 16.3. The Morgan fingerprint density at radius 3 is 2.67 bits per heavy atom. The van der Waals surface area contributed by atoms with Crippen molar-refractivity contribution in [1.82, 2.24) is 15.1 Å². The summed E-state index contributed by atoms with van der Waals surface area (Å²) >= 11 is 0. The number of aromatic nitrogens is 2. The first-order valence-corrected chi connectivity index (χ1v) is 9.75. The van der Waals surface area contributed by atoms with Gasteiger partial charge in [0, 0.05) is 17.8 Å². The second kappa shape index (κ2) is 8.32. The Balaban J connectivity index is 1.66. The zero-order chi connectivity index (χ0) is 21.1. The molecule has 0 atom stereocenters. The van der Waals surface area contributed by atoms with E-state index in [1.165, 1.54) is 10.7 Å². The Labute approximate surface area is 173 Å². The van der Waals surface area contributed by atoms with E-state index in [1.54, 1.807) is 48.5 Å². The fourth-order valence-corrected chi connectivity index (χ4v) is 3.67. The van der Waals surface area contributed by atoms with E-state index in [2.05, 4.69) is 22.3 Å². The van der Waals surface area contributed by atoms with Crippen molar-refractivity contribution in [2.45, 2.75) is 19.3 Å². The summed E-state index contributed by atoms with van der Waals surface area (Å²) in [7, 11) is 0. The van der Waals surface area contributed by atoms with Crippen molar-refractivity contribution in [3.8, 4) is 5.69 Å². The predicted molar refractivity (Wildman–Crippen MR) is 112 cm³/mol. The molecule has 0 aliphatic heterocycles. The van der Waals surface area contributed by atoms with Gasteiger partial charge in [-0.25, -0.2) is 9.07 Å². The van der Waals surface area contributed by atoms with Gasteiger partial charge in [0.05, 0.1) is 11.3 Å². The molecule has 3 aromatic rings. The van der Waals surface area contributed by atoms with Crippen molar-refractivity contribution in [2.75, 3.05) is 11.9 Å². The molecule has 30 heavy (non-hydrogen) atoms. The molecule has 0 fully saturated rings. The molecule has 2 N–H and O–H groups in total. The van der Waals surface area contributed by atoms with Crippen molar-refractivity contribution < 1.29 is 14.0 Å². The maximum atomic E-state index is 14.3. The summed E-state index contributed by atoms with van der Waals surface area (Å²) in [5.74, 6) is -1.13. The molecule has 7 heteroatoms. The number of nitrogens with one attached hydrogen (secondary N) is 2. The van der Waals surface area contributed by atoms with Crippen LogP contribution in [0.2, 0.25) is 0 Å². The van der Waals surface area contributed by atoms with Crippen molar-refractivity contribution in [3.63, 3.8) is 0 Å². The Bertz CT molecular complexity index is 1140. The van der Waals surface area contributed by atoms with Gasteiger partial charge in [0.15, 0.2) is 5.69 Å². The number of nitrogens with zero attached hydrogens (tertiary/aromatic N) is 2. The molecule has 0 bridgehead atoms. The molecule has 1 aromatic heterocycles. The molecule has 152 valence electrons. The average molecular weight is 404 g/mol. The van der Waals surface area contributed by atoms with Gasteiger partial charge in [-0.15, -0.1) is 6.58 Å². The topological polar surface area (TPSA) is 76.0 Å². The minimum atomic E-state index is -0.424. The van der Waals surface area contributed by atoms with Crippen molar-refractivity contribution in [1.29, 1.82) is 0 Å². The van der Waals surface area contributed by atoms with Crippen molar-refractivity contribution in [2.24, 2.45) is 0 Å². The molecule has 0 saturated heterocycles. The Hall–Kier alpha value is -3.74. The van der Waals surface area contributed by atoms with Crippen LogP contribution in [0.5, 0.6) is 0 Å². The highest BCUT2D eigenvalue weighted by Crippen LogP contribution is 2.29. The standard InChI is InChI=1S/C23H21FN4O2/c1-2-14-25-22(29)15-8-3-5-11-18(15)26-23(30)21-16-9-7-13-19(16)28(27-21)20-12-6-4-10-17(20)24/h2-6,8,10-12H,1,7,9,13-14H2,(H,25,29)(H,26,30). The summed E-state index contributed by atoms with van der Waals surface area (Å²) in [5, 5.41) is 9.94. The van der Waals surface area contributed by atoms with Gasteiger partial charge in [-0.05, 0) is 43.5 Å². The largest absolute Gasteiger partial charge is 0.349 e. The first kappa shape index (κ1) is 19.6. The van der Waals surface area contributed by atoms with Crippen LogP contribution >= 0.6 is 0 Å². The normalized spacial score (nSPS) is 12.3. The molecule has 2 amide bonds. The Kier molecular flexibility index (Phi) is 5.43. The summed E-state index contributed by atoms with van der Waals surface area (Å²) in [6.07, 6.45) is 3.89. The monoisotopic (exact) mass is 404 g/mol. The lowest BCUT2D eigenvalue weighted by atomic mass is 10.1. The van der Waals surface area contributed by atoms with E-state index >= 15 is 0 Å². The van der Waals surface area contributed by atoms with Crippen LogP contribution in [-0.4, -0.2) is 28.1 Å². The fourth-order valence-electron chi connectivity index (χ4n) is 3.67. The number of anilines is 1. The van der Waals surface area contributed by atoms with Gasteiger partial charge in [0.1, 0.15) is 11.5 Å². The van der Waals surface area contributed by atoms with E-state index in [-0.39, 0.29) is 11.6 Å². The molecule has 2 aromatic carbocycles. The van der Waals surface area contributed by atoms with Gasteiger partial charge in [0.2, 0.25) is 0 Å². The van der Waals surface area contributed by atoms with Gasteiger partial charge in [-0.1, -0.05) is 30.3 Å². The van der Waals surface area contributed by atoms with Crippen LogP contribution in [0.25, 0.3) is 5.69 Å². The highest BCUT2D eigenvalue weighted by Gasteiger charge is 2.28. The number of benzene rings is 2. The minimum absolute atomic E-state index is 0.257. The lowest BCUT2D eigenvalue weighted by Crippen LogP contribution is -2.25. The number of amides is 2. The lowest BCUT2D eigenvalue weighted by molar-refractivity contribution is 0.0959. The number of halogens is 1. The maximum absolute atomic E-state index is 14.3. The van der Waals surface area contributed by atoms with Gasteiger partial charge in [-0.2, -0.15) is 5.10 Å². The lowest BCUT2D eigenvalue weighted by Gasteiger charge is -2.10. The van der Waals surface area contributed by atoms with Crippen LogP contribution in [0.15, 0.2) is 61.2 Å². The molecule has 1 heterocycles. The smallest absolute Gasteiger partial charge is 0.276 e. The molecule has 1 aliphatic rings. The van der Waals surface area contributed by atoms with Gasteiger partial charge in [-0.3, -0.25) is 9.59 Å². The zero-order valence-electron chi connectivity index (χ0n) is 16.3. The number of carbonyl (C=O) groups excluding carboxylic acids is 2. The van der Waals surface area contributed by atoms with Crippen LogP contribution in [0.1, 0.15) is 38.5 Å². The Morgan fingerprint density at radius 1 is 1.10 bits per heavy atom. The molecule has 6 nitrogen and oxygen atoms in total. The van der Waals surface area contributed by atoms with Crippen LogP contribution in [0.4, 0.5) is 10.1 Å². The molecule has 0 radical (unpaired) electrons. The van der Waals surface area contributed by atoms with Crippen LogP contribution in [0.3, 0.4) is 0 Å². The van der Waals surface area contributed by atoms with Gasteiger partial charge in [0.25, 0.3) is 11.8 Å². The third kappa shape index (κ3) is 3.61. The van der Waals surface area contributed by atoms with Crippen LogP contribution < -0.4 is 10.6 Å². The van der Waals surface area contributed by atoms with E-state index < -0.39 is 11.7 Å². The number of hydrogen-bond donors (Lipinski definition) is 2. The molecule has 4 rings (SSSR count). The molecule has 0 spiro atoms. The molecule has 0 saturated carbocycles. The first-order chi connectivity index (χ1) is 14.6. The predicted octanol–water partition coefficient (Wildman–Crippen LogP) is 3.67. The highest BCUT2D eigenvalue weighted by molar-refractivity contribution is 6.09. The van der Waals surface area contributed by atoms with Crippen LogP contribution in [-0.2, 0) is 12.8 Å². The number of para-hydroxylation sites is 2. The van der Waals surface area contributed by atoms with E-state index in [4.69, 9.17) is 0 Å². The first-order valence-electron chi connectivity index (χ1n) is 9.75. The second-order valence-electron chi connectivity index (χ2n) is 6.99. The quantitative estimate of drug-likeness (QED) is 0.616. The number of hydrogen-bond acceptors (Lipinski definition) is 3.